The quantitative estimate of drug-likeness (QED) is 0.183. The highest BCUT2D eigenvalue weighted by Crippen LogP contribution is 2.45. The van der Waals surface area contributed by atoms with Gasteiger partial charge in [0, 0.05) is 49.2 Å². The van der Waals surface area contributed by atoms with Gasteiger partial charge in [0.1, 0.15) is 19.0 Å². The minimum Gasteiger partial charge on any atom is -0.507 e. The number of Topliss-reactive ketones (excluding diaryl/α,β-unsaturated/α-hetero) is 1. The van der Waals surface area contributed by atoms with Gasteiger partial charge in [0.15, 0.2) is 11.5 Å². The van der Waals surface area contributed by atoms with Crippen LogP contribution in [0.15, 0.2) is 72.3 Å². The number of hydrogen-bond acceptors (Lipinski definition) is 8. The van der Waals surface area contributed by atoms with E-state index in [0.29, 0.717) is 36.0 Å². The van der Waals surface area contributed by atoms with Crippen LogP contribution in [0.5, 0.6) is 11.5 Å². The molecule has 0 radical (unpaired) electrons. The number of nitro groups is 1. The zero-order chi connectivity index (χ0) is 26.3. The van der Waals surface area contributed by atoms with Gasteiger partial charge in [-0.25, -0.2) is 0 Å². The van der Waals surface area contributed by atoms with Crippen molar-refractivity contribution in [2.45, 2.75) is 6.04 Å². The number of amides is 1. The van der Waals surface area contributed by atoms with Crippen LogP contribution < -0.4 is 19.3 Å². The summed E-state index contributed by atoms with van der Waals surface area (Å²) in [7, 11) is 3.77. The van der Waals surface area contributed by atoms with Crippen molar-refractivity contribution in [2.75, 3.05) is 37.1 Å². The number of ketones is 1. The summed E-state index contributed by atoms with van der Waals surface area (Å²) >= 11 is 0. The molecule has 1 atom stereocenters. The van der Waals surface area contributed by atoms with Gasteiger partial charge in [-0.15, -0.1) is 0 Å². The second-order valence-electron chi connectivity index (χ2n) is 8.79. The number of benzene rings is 3. The number of hydrogen-bond donors (Lipinski definition) is 1. The third-order valence-corrected chi connectivity index (χ3v) is 6.30. The molecular weight excluding hydrogens is 478 g/mol. The van der Waals surface area contributed by atoms with E-state index in [9.17, 15) is 24.8 Å². The smallest absolute Gasteiger partial charge is 0.300 e. The van der Waals surface area contributed by atoms with E-state index >= 15 is 0 Å². The molecule has 1 N–H and O–H groups in total. The number of ether oxygens (including phenoxy) is 2. The van der Waals surface area contributed by atoms with Crippen LogP contribution in [-0.4, -0.2) is 49.0 Å². The predicted molar refractivity (Wildman–Crippen MR) is 136 cm³/mol. The lowest BCUT2D eigenvalue weighted by Crippen LogP contribution is -2.29. The number of carbonyl (C=O) groups is 2. The Hall–Kier alpha value is -4.86. The van der Waals surface area contributed by atoms with E-state index < -0.39 is 28.4 Å². The van der Waals surface area contributed by atoms with Gasteiger partial charge in [0.25, 0.3) is 17.4 Å². The lowest BCUT2D eigenvalue weighted by molar-refractivity contribution is -0.384. The van der Waals surface area contributed by atoms with Crippen LogP contribution in [0.25, 0.3) is 5.76 Å². The minimum absolute atomic E-state index is 0.0595. The fourth-order valence-electron chi connectivity index (χ4n) is 4.47. The summed E-state index contributed by atoms with van der Waals surface area (Å²) in [4.78, 5) is 40.7. The van der Waals surface area contributed by atoms with Crippen molar-refractivity contribution < 1.29 is 29.1 Å². The van der Waals surface area contributed by atoms with Gasteiger partial charge >= 0.3 is 0 Å². The average molecular weight is 501 g/mol. The Bertz CT molecular complexity index is 1450. The Morgan fingerprint density at radius 2 is 1.70 bits per heavy atom. The van der Waals surface area contributed by atoms with Crippen LogP contribution in [0.1, 0.15) is 17.2 Å². The Balaban J connectivity index is 1.69. The monoisotopic (exact) mass is 501 g/mol. The number of anilines is 2. The molecule has 3 aromatic rings. The molecule has 1 unspecified atom stereocenters. The lowest BCUT2D eigenvalue weighted by atomic mass is 9.94. The summed E-state index contributed by atoms with van der Waals surface area (Å²) in [6.45, 7) is 0.746. The highest BCUT2D eigenvalue weighted by molar-refractivity contribution is 6.51. The number of fused-ring (bicyclic) bond motifs is 1. The fraction of sp³-hybridized carbons (Fsp3) is 0.185. The maximum Gasteiger partial charge on any atom is 0.300 e. The molecule has 0 bridgehead atoms. The molecule has 0 aromatic heterocycles. The SMILES string of the molecule is CN(C)c1ccc(C2/C(=C(\O)c3cccc([N+](=O)[O-])c3)C(=O)C(=O)N2c2ccc3c(c2)OCCO3)cc1. The van der Waals surface area contributed by atoms with Crippen LogP contribution in [0.4, 0.5) is 17.1 Å². The molecule has 10 nitrogen and oxygen atoms in total. The number of nitrogens with zero attached hydrogens (tertiary/aromatic N) is 3. The number of aliphatic hydroxyl groups is 1. The molecule has 1 saturated heterocycles. The minimum atomic E-state index is -0.988. The first-order valence-electron chi connectivity index (χ1n) is 11.5. The molecule has 0 spiro atoms. The number of nitro benzene ring substituents is 1. The number of aliphatic hydroxyl groups excluding tert-OH is 1. The first-order chi connectivity index (χ1) is 17.8. The van der Waals surface area contributed by atoms with E-state index in [0.717, 1.165) is 5.69 Å². The molecule has 5 rings (SSSR count). The van der Waals surface area contributed by atoms with E-state index in [1.807, 2.05) is 31.1 Å². The van der Waals surface area contributed by atoms with Crippen molar-refractivity contribution in [3.8, 4) is 11.5 Å². The lowest BCUT2D eigenvalue weighted by Gasteiger charge is -2.27. The van der Waals surface area contributed by atoms with Crippen LogP contribution in [0, 0.1) is 10.1 Å². The maximum absolute atomic E-state index is 13.4. The summed E-state index contributed by atoms with van der Waals surface area (Å²) in [6, 6.07) is 16.5. The Morgan fingerprint density at radius 1 is 1.00 bits per heavy atom. The van der Waals surface area contributed by atoms with Gasteiger partial charge in [-0.05, 0) is 29.8 Å². The van der Waals surface area contributed by atoms with Gasteiger partial charge in [0.05, 0.1) is 16.5 Å². The molecule has 2 aliphatic rings. The summed E-state index contributed by atoms with van der Waals surface area (Å²) in [5.41, 5.74) is 1.50. The van der Waals surface area contributed by atoms with Crippen molar-refractivity contribution in [3.63, 3.8) is 0 Å². The summed E-state index contributed by atoms with van der Waals surface area (Å²) in [5, 5.41) is 22.5. The van der Waals surface area contributed by atoms with Crippen molar-refractivity contribution in [1.82, 2.24) is 0 Å². The van der Waals surface area contributed by atoms with Crippen molar-refractivity contribution in [3.05, 3.63) is 93.5 Å². The Kier molecular flexibility index (Phi) is 6.00. The number of rotatable bonds is 5. The van der Waals surface area contributed by atoms with Crippen LogP contribution in [0.2, 0.25) is 0 Å². The third kappa shape index (κ3) is 4.22. The van der Waals surface area contributed by atoms with Crippen LogP contribution in [-0.2, 0) is 9.59 Å². The number of carbonyl (C=O) groups excluding carboxylic acids is 2. The molecular formula is C27H23N3O7. The first-order valence-corrected chi connectivity index (χ1v) is 11.5. The molecule has 0 aliphatic carbocycles. The molecule has 188 valence electrons. The first kappa shape index (κ1) is 23.9. The molecule has 1 fully saturated rings. The van der Waals surface area contributed by atoms with Crippen LogP contribution in [0.3, 0.4) is 0 Å². The zero-order valence-corrected chi connectivity index (χ0v) is 20.1. The molecule has 1 amide bonds. The summed E-state index contributed by atoms with van der Waals surface area (Å²) < 4.78 is 11.2. The van der Waals surface area contributed by atoms with Crippen molar-refractivity contribution >= 4 is 34.5 Å². The highest BCUT2D eigenvalue weighted by Gasteiger charge is 2.47. The largest absolute Gasteiger partial charge is 0.507 e. The zero-order valence-electron chi connectivity index (χ0n) is 20.1. The topological polar surface area (TPSA) is 122 Å². The van der Waals surface area contributed by atoms with Gasteiger partial charge in [-0.3, -0.25) is 24.6 Å². The molecule has 0 saturated carbocycles. The van der Waals surface area contributed by atoms with Crippen LogP contribution >= 0.6 is 0 Å². The van der Waals surface area contributed by atoms with E-state index in [1.54, 1.807) is 30.3 Å². The summed E-state index contributed by atoms with van der Waals surface area (Å²) in [5.74, 6) is -1.28. The number of non-ortho nitro benzene ring substituents is 1. The Labute approximate surface area is 212 Å². The molecule has 2 heterocycles. The van der Waals surface area contributed by atoms with Gasteiger partial charge in [-0.1, -0.05) is 24.3 Å². The van der Waals surface area contributed by atoms with Crippen molar-refractivity contribution in [1.29, 1.82) is 0 Å². The van der Waals surface area contributed by atoms with E-state index in [-0.39, 0.29) is 16.8 Å². The average Bonchev–Trinajstić information content (AvgIpc) is 3.18. The predicted octanol–water partition coefficient (Wildman–Crippen LogP) is 4.06. The normalized spacial score (nSPS) is 18.1. The van der Waals surface area contributed by atoms with Crippen molar-refractivity contribution in [2.24, 2.45) is 0 Å². The van der Waals surface area contributed by atoms with E-state index in [1.165, 1.54) is 29.2 Å². The molecule has 37 heavy (non-hydrogen) atoms. The summed E-state index contributed by atoms with van der Waals surface area (Å²) in [6.07, 6.45) is 0. The third-order valence-electron chi connectivity index (χ3n) is 6.30. The van der Waals surface area contributed by atoms with E-state index in [2.05, 4.69) is 0 Å². The van der Waals surface area contributed by atoms with Gasteiger partial charge in [-0.2, -0.15) is 0 Å². The molecule has 3 aromatic carbocycles. The Morgan fingerprint density at radius 3 is 2.38 bits per heavy atom. The standard InChI is InChI=1S/C27H23N3O7/c1-28(2)18-8-6-16(7-9-18)24-23(25(31)17-4-3-5-20(14-17)30(34)35)26(32)27(33)29(24)19-10-11-21-22(15-19)37-13-12-36-21/h3-11,14-15,24,31H,12-13H2,1-2H3/b25-23+. The van der Waals surface area contributed by atoms with Gasteiger partial charge in [0.2, 0.25) is 0 Å². The second-order valence-corrected chi connectivity index (χ2v) is 8.79. The highest BCUT2D eigenvalue weighted by atomic mass is 16.6. The molecule has 2 aliphatic heterocycles. The maximum atomic E-state index is 13.4. The van der Waals surface area contributed by atoms with E-state index in [4.69, 9.17) is 9.47 Å². The molecule has 10 heteroatoms. The second kappa shape index (κ2) is 9.30. The van der Waals surface area contributed by atoms with Gasteiger partial charge < -0.3 is 19.5 Å². The fourth-order valence-corrected chi connectivity index (χ4v) is 4.47.